The quantitative estimate of drug-likeness (QED) is 0.548. The Bertz CT molecular complexity index is 765. The van der Waals surface area contributed by atoms with Crippen LogP contribution in [0.2, 0.25) is 10.0 Å². The molecule has 23 heavy (non-hydrogen) atoms. The van der Waals surface area contributed by atoms with Crippen molar-refractivity contribution in [2.24, 2.45) is 0 Å². The molecule has 0 saturated heterocycles. The second-order valence-corrected chi connectivity index (χ2v) is 6.20. The molecular weight excluding hydrogens is 353 g/mol. The molecule has 0 bridgehead atoms. The van der Waals surface area contributed by atoms with Crippen molar-refractivity contribution < 1.29 is 4.79 Å². The minimum atomic E-state index is -0.367. The minimum Gasteiger partial charge on any atom is -0.331 e. The van der Waals surface area contributed by atoms with Gasteiger partial charge in [-0.3, -0.25) is 15.6 Å². The maximum absolute atomic E-state index is 12.0. The summed E-state index contributed by atoms with van der Waals surface area (Å²) in [5, 5.41) is 4.03. The number of halogens is 2. The maximum atomic E-state index is 12.0. The normalized spacial score (nSPS) is 10.1. The summed E-state index contributed by atoms with van der Waals surface area (Å²) < 4.78 is 0. The molecule has 0 fully saturated rings. The Hall–Kier alpha value is -1.82. The molecule has 0 aliphatic heterocycles. The number of rotatable bonds is 2. The molecular formula is C16H15Cl2N3OS. The molecule has 0 heterocycles. The molecule has 0 aliphatic rings. The summed E-state index contributed by atoms with van der Waals surface area (Å²) in [7, 11) is 0. The number of hydrogen-bond acceptors (Lipinski definition) is 2. The fourth-order valence-corrected chi connectivity index (χ4v) is 2.31. The molecule has 7 heteroatoms. The van der Waals surface area contributed by atoms with Crippen molar-refractivity contribution in [3.8, 4) is 0 Å². The van der Waals surface area contributed by atoms with E-state index in [9.17, 15) is 4.79 Å². The lowest BCUT2D eigenvalue weighted by Crippen LogP contribution is -2.43. The number of hydrazine groups is 1. The molecule has 4 nitrogen and oxygen atoms in total. The highest BCUT2D eigenvalue weighted by Gasteiger charge is 2.08. The van der Waals surface area contributed by atoms with Crippen LogP contribution in [0, 0.1) is 13.8 Å². The van der Waals surface area contributed by atoms with E-state index in [0.717, 1.165) is 16.8 Å². The number of carbonyl (C=O) groups excluding carboxylic acids is 1. The Morgan fingerprint density at radius 3 is 2.43 bits per heavy atom. The van der Waals surface area contributed by atoms with Gasteiger partial charge in [0, 0.05) is 11.3 Å². The SMILES string of the molecule is Cc1ccc(C)c(NC(=S)NNC(=O)c2ccc(Cl)c(Cl)c2)c1. The van der Waals surface area contributed by atoms with Gasteiger partial charge in [0.1, 0.15) is 0 Å². The first-order valence-electron chi connectivity index (χ1n) is 6.76. The average molecular weight is 368 g/mol. The third-order valence-electron chi connectivity index (χ3n) is 3.11. The third-order valence-corrected chi connectivity index (χ3v) is 4.06. The summed E-state index contributed by atoms with van der Waals surface area (Å²) in [6.07, 6.45) is 0. The average Bonchev–Trinajstić information content (AvgIpc) is 2.51. The largest absolute Gasteiger partial charge is 0.331 e. The van der Waals surface area contributed by atoms with Gasteiger partial charge in [-0.1, -0.05) is 35.3 Å². The van der Waals surface area contributed by atoms with E-state index < -0.39 is 0 Å². The second-order valence-electron chi connectivity index (χ2n) is 4.98. The van der Waals surface area contributed by atoms with E-state index in [4.69, 9.17) is 35.4 Å². The van der Waals surface area contributed by atoms with E-state index in [1.807, 2.05) is 32.0 Å². The molecule has 0 saturated carbocycles. The van der Waals surface area contributed by atoms with Gasteiger partial charge in [0.05, 0.1) is 10.0 Å². The molecule has 2 aromatic rings. The number of benzene rings is 2. The molecule has 0 aromatic heterocycles. The highest BCUT2D eigenvalue weighted by Crippen LogP contribution is 2.22. The first-order chi connectivity index (χ1) is 10.9. The van der Waals surface area contributed by atoms with Crippen molar-refractivity contribution in [3.05, 3.63) is 63.1 Å². The van der Waals surface area contributed by atoms with E-state index in [-0.39, 0.29) is 11.0 Å². The van der Waals surface area contributed by atoms with Crippen LogP contribution < -0.4 is 16.2 Å². The summed E-state index contributed by atoms with van der Waals surface area (Å²) in [6.45, 7) is 3.96. The summed E-state index contributed by atoms with van der Waals surface area (Å²) >= 11 is 16.9. The monoisotopic (exact) mass is 367 g/mol. The zero-order valence-electron chi connectivity index (χ0n) is 12.5. The second kappa shape index (κ2) is 7.64. The minimum absolute atomic E-state index is 0.284. The number of carbonyl (C=O) groups is 1. The lowest BCUT2D eigenvalue weighted by Gasteiger charge is -2.14. The molecule has 3 N–H and O–H groups in total. The molecule has 0 spiro atoms. The molecule has 0 aliphatic carbocycles. The highest BCUT2D eigenvalue weighted by molar-refractivity contribution is 7.80. The highest BCUT2D eigenvalue weighted by atomic mass is 35.5. The number of nitrogens with one attached hydrogen (secondary N) is 3. The first-order valence-corrected chi connectivity index (χ1v) is 7.93. The number of thiocarbonyl (C=S) groups is 1. The van der Waals surface area contributed by atoms with Gasteiger partial charge < -0.3 is 5.32 Å². The fourth-order valence-electron chi connectivity index (χ4n) is 1.85. The van der Waals surface area contributed by atoms with E-state index in [2.05, 4.69) is 16.2 Å². The lowest BCUT2D eigenvalue weighted by molar-refractivity contribution is 0.0944. The standard InChI is InChI=1S/C16H15Cl2N3OS/c1-9-3-4-10(2)14(7-9)19-16(23)21-20-15(22)11-5-6-12(17)13(18)8-11/h3-8H,1-2H3,(H,20,22)(H2,19,21,23). The van der Waals surface area contributed by atoms with Crippen LogP contribution >= 0.6 is 35.4 Å². The maximum Gasteiger partial charge on any atom is 0.269 e. The van der Waals surface area contributed by atoms with E-state index >= 15 is 0 Å². The molecule has 0 atom stereocenters. The predicted octanol–water partition coefficient (Wildman–Crippen LogP) is 4.24. The Labute approximate surface area is 150 Å². The van der Waals surface area contributed by atoms with Gasteiger partial charge in [-0.25, -0.2) is 0 Å². The first kappa shape index (κ1) is 17.5. The number of hydrogen-bond donors (Lipinski definition) is 3. The summed E-state index contributed by atoms with van der Waals surface area (Å²) in [5.74, 6) is -0.367. The smallest absolute Gasteiger partial charge is 0.269 e. The van der Waals surface area contributed by atoms with Gasteiger partial charge in [0.2, 0.25) is 0 Å². The van der Waals surface area contributed by atoms with Crippen LogP contribution in [0.5, 0.6) is 0 Å². The number of anilines is 1. The number of aryl methyl sites for hydroxylation is 2. The molecule has 2 rings (SSSR count). The van der Waals surface area contributed by atoms with E-state index in [1.54, 1.807) is 12.1 Å². The lowest BCUT2D eigenvalue weighted by atomic mass is 10.1. The molecule has 1 amide bonds. The Kier molecular flexibility index (Phi) is 5.82. The zero-order chi connectivity index (χ0) is 17.0. The van der Waals surface area contributed by atoms with Crippen molar-refractivity contribution in [2.75, 3.05) is 5.32 Å². The van der Waals surface area contributed by atoms with Crippen LogP contribution in [0.1, 0.15) is 21.5 Å². The van der Waals surface area contributed by atoms with Crippen molar-refractivity contribution in [3.63, 3.8) is 0 Å². The predicted molar refractivity (Wildman–Crippen MR) is 99.2 cm³/mol. The van der Waals surface area contributed by atoms with Gasteiger partial charge in [0.15, 0.2) is 5.11 Å². The zero-order valence-corrected chi connectivity index (χ0v) is 14.9. The van der Waals surface area contributed by atoms with Crippen molar-refractivity contribution in [1.29, 1.82) is 0 Å². The van der Waals surface area contributed by atoms with Crippen molar-refractivity contribution in [1.82, 2.24) is 10.9 Å². The van der Waals surface area contributed by atoms with E-state index in [1.165, 1.54) is 6.07 Å². The van der Waals surface area contributed by atoms with Gasteiger partial charge in [-0.15, -0.1) is 0 Å². The number of amides is 1. The summed E-state index contributed by atoms with van der Waals surface area (Å²) in [6, 6.07) is 10.6. The Balaban J connectivity index is 1.94. The summed E-state index contributed by atoms with van der Waals surface area (Å²) in [5.41, 5.74) is 8.58. The molecule has 120 valence electrons. The van der Waals surface area contributed by atoms with Crippen LogP contribution in [-0.4, -0.2) is 11.0 Å². The van der Waals surface area contributed by atoms with Crippen molar-refractivity contribution in [2.45, 2.75) is 13.8 Å². The summed E-state index contributed by atoms with van der Waals surface area (Å²) in [4.78, 5) is 12.0. The third kappa shape index (κ3) is 4.82. The Morgan fingerprint density at radius 1 is 1.00 bits per heavy atom. The molecule has 0 unspecified atom stereocenters. The fraction of sp³-hybridized carbons (Fsp3) is 0.125. The van der Waals surface area contributed by atoms with Crippen LogP contribution in [-0.2, 0) is 0 Å². The van der Waals surface area contributed by atoms with Crippen LogP contribution in [0.4, 0.5) is 5.69 Å². The van der Waals surface area contributed by atoms with Crippen molar-refractivity contribution >= 4 is 52.1 Å². The van der Waals surface area contributed by atoms with Gasteiger partial charge in [-0.05, 0) is 61.5 Å². The van der Waals surface area contributed by atoms with E-state index in [0.29, 0.717) is 15.6 Å². The van der Waals surface area contributed by atoms with Crippen LogP contribution in [0.25, 0.3) is 0 Å². The van der Waals surface area contributed by atoms with Gasteiger partial charge >= 0.3 is 0 Å². The van der Waals surface area contributed by atoms with Crippen LogP contribution in [0.15, 0.2) is 36.4 Å². The molecule has 0 radical (unpaired) electrons. The Morgan fingerprint density at radius 2 is 1.74 bits per heavy atom. The topological polar surface area (TPSA) is 53.2 Å². The van der Waals surface area contributed by atoms with Gasteiger partial charge in [-0.2, -0.15) is 0 Å². The molecule has 2 aromatic carbocycles. The van der Waals surface area contributed by atoms with Gasteiger partial charge in [0.25, 0.3) is 5.91 Å². The van der Waals surface area contributed by atoms with Crippen LogP contribution in [0.3, 0.4) is 0 Å².